The molecule has 46 heavy (non-hydrogen) atoms. The van der Waals surface area contributed by atoms with E-state index in [1.54, 1.807) is 0 Å². The van der Waals surface area contributed by atoms with Crippen molar-refractivity contribution in [3.63, 3.8) is 0 Å². The Bertz CT molecular complexity index is 2030. The number of aryl methyl sites for hydroxylation is 1. The second-order valence-electron chi connectivity index (χ2n) is 10.1. The van der Waals surface area contributed by atoms with Gasteiger partial charge in [-0.2, -0.15) is 13.9 Å². The Labute approximate surface area is 257 Å². The molecule has 0 spiro atoms. The van der Waals surface area contributed by atoms with Crippen molar-refractivity contribution in [2.24, 2.45) is 7.05 Å². The van der Waals surface area contributed by atoms with E-state index in [0.717, 1.165) is 35.2 Å². The van der Waals surface area contributed by atoms with Crippen molar-refractivity contribution in [2.75, 3.05) is 12.9 Å². The number of rotatable bonds is 9. The Morgan fingerprint density at radius 2 is 1.57 bits per heavy atom. The van der Waals surface area contributed by atoms with Crippen LogP contribution in [0.5, 0.6) is 5.75 Å². The minimum absolute atomic E-state index is 0.0794. The van der Waals surface area contributed by atoms with E-state index in [-0.39, 0.29) is 33.8 Å². The molecule has 2 aromatic heterocycles. The number of benzene rings is 3. The van der Waals surface area contributed by atoms with Gasteiger partial charge in [-0.25, -0.2) is 17.5 Å². The van der Waals surface area contributed by atoms with Crippen LogP contribution in [-0.2, 0) is 29.4 Å². The van der Waals surface area contributed by atoms with Crippen LogP contribution in [0.2, 0.25) is 0 Å². The summed E-state index contributed by atoms with van der Waals surface area (Å²) < 4.78 is 113. The number of nitrogens with zero attached hydrogens (tertiary/aromatic N) is 5. The monoisotopic (exact) mass is 667 g/mol. The fourth-order valence-electron chi connectivity index (χ4n) is 4.78. The van der Waals surface area contributed by atoms with Crippen molar-refractivity contribution < 1.29 is 49.7 Å². The molecular formula is C29H23F6N5O5S. The third-order valence-corrected chi connectivity index (χ3v) is 8.10. The van der Waals surface area contributed by atoms with E-state index in [1.807, 2.05) is 0 Å². The molecule has 0 aliphatic carbocycles. The number of ether oxygens (including phenoxy) is 1. The summed E-state index contributed by atoms with van der Waals surface area (Å²) in [5.41, 5.74) is 0.228. The highest BCUT2D eigenvalue weighted by Crippen LogP contribution is 2.37. The highest BCUT2D eigenvalue weighted by molar-refractivity contribution is 7.90. The largest absolute Gasteiger partial charge is 0.573 e. The lowest BCUT2D eigenvalue weighted by Crippen LogP contribution is -2.19. The Hall–Kier alpha value is -4.74. The average molecular weight is 668 g/mol. The molecule has 10 nitrogen and oxygen atoms in total. The smallest absolute Gasteiger partial charge is 0.406 e. The van der Waals surface area contributed by atoms with Gasteiger partial charge in [-0.15, -0.1) is 18.3 Å². The average Bonchev–Trinajstić information content (AvgIpc) is 3.63. The molecule has 0 atom stereocenters. The summed E-state index contributed by atoms with van der Waals surface area (Å²) in [7, 11) is -2.61. The number of halogens is 6. The lowest BCUT2D eigenvalue weighted by atomic mass is 9.99. The van der Waals surface area contributed by atoms with Gasteiger partial charge >= 0.3 is 12.3 Å². The van der Waals surface area contributed by atoms with E-state index in [0.29, 0.717) is 5.56 Å². The van der Waals surface area contributed by atoms with Crippen LogP contribution in [0.1, 0.15) is 11.3 Å². The van der Waals surface area contributed by atoms with Gasteiger partial charge in [0.05, 0.1) is 34.8 Å². The van der Waals surface area contributed by atoms with Crippen LogP contribution in [-0.4, -0.2) is 62.6 Å². The van der Waals surface area contributed by atoms with Crippen molar-refractivity contribution in [1.29, 1.82) is 0 Å². The van der Waals surface area contributed by atoms with Crippen molar-refractivity contribution in [2.45, 2.75) is 23.8 Å². The summed E-state index contributed by atoms with van der Waals surface area (Å²) >= 11 is 0. The first-order valence-corrected chi connectivity index (χ1v) is 15.0. The molecule has 5 aromatic rings. The van der Waals surface area contributed by atoms with E-state index in [4.69, 9.17) is 0 Å². The number of sulfone groups is 1. The van der Waals surface area contributed by atoms with Gasteiger partial charge in [0.2, 0.25) is 0 Å². The maximum absolute atomic E-state index is 15.0. The molecule has 3 aromatic carbocycles. The SMILES string of the molecule is Cn1nc(C(F)(F)CO)cc1-c1ccc(-c2cc(F)c(CO)c(S(C)(=O)=O)c2)cc1-n1nncc1-c1ccc(OC(F)(F)F)cc1. The number of aromatic nitrogens is 5. The molecule has 242 valence electrons. The van der Waals surface area contributed by atoms with E-state index < -0.39 is 63.1 Å². The third-order valence-electron chi connectivity index (χ3n) is 6.93. The van der Waals surface area contributed by atoms with Crippen LogP contribution in [0, 0.1) is 5.82 Å². The summed E-state index contributed by atoms with van der Waals surface area (Å²) in [6.45, 7) is -2.39. The molecular weight excluding hydrogens is 644 g/mol. The number of alkyl halides is 5. The van der Waals surface area contributed by atoms with Gasteiger partial charge in [0.25, 0.3) is 0 Å². The quantitative estimate of drug-likeness (QED) is 0.210. The highest BCUT2D eigenvalue weighted by atomic mass is 32.2. The number of aliphatic hydroxyl groups excluding tert-OH is 2. The number of hydrogen-bond donors (Lipinski definition) is 2. The molecule has 0 fully saturated rings. The van der Waals surface area contributed by atoms with Crippen LogP contribution in [0.15, 0.2) is 71.8 Å². The molecule has 17 heteroatoms. The molecule has 0 aliphatic rings. The van der Waals surface area contributed by atoms with Crippen LogP contribution in [0.3, 0.4) is 0 Å². The first-order chi connectivity index (χ1) is 21.5. The molecule has 5 rings (SSSR count). The van der Waals surface area contributed by atoms with Crippen molar-refractivity contribution >= 4 is 9.84 Å². The van der Waals surface area contributed by atoms with E-state index in [9.17, 15) is 40.6 Å². The highest BCUT2D eigenvalue weighted by Gasteiger charge is 2.35. The topological polar surface area (TPSA) is 132 Å². The number of hydrogen-bond acceptors (Lipinski definition) is 8. The van der Waals surface area contributed by atoms with Crippen molar-refractivity contribution in [3.05, 3.63) is 83.9 Å². The lowest BCUT2D eigenvalue weighted by molar-refractivity contribution is -0.274. The normalized spacial score (nSPS) is 12.5. The zero-order chi connectivity index (χ0) is 33.6. The predicted octanol–water partition coefficient (Wildman–Crippen LogP) is 5.02. The zero-order valence-electron chi connectivity index (χ0n) is 23.8. The van der Waals surface area contributed by atoms with Gasteiger partial charge < -0.3 is 14.9 Å². The molecule has 0 aliphatic heterocycles. The Morgan fingerprint density at radius 3 is 2.17 bits per heavy atom. The van der Waals surface area contributed by atoms with Crippen LogP contribution < -0.4 is 4.74 Å². The molecule has 0 amide bonds. The second-order valence-corrected chi connectivity index (χ2v) is 12.1. The lowest BCUT2D eigenvalue weighted by Gasteiger charge is -2.16. The van der Waals surface area contributed by atoms with E-state index in [2.05, 4.69) is 20.1 Å². The first kappa shape index (κ1) is 32.6. The Balaban J connectivity index is 1.73. The summed E-state index contributed by atoms with van der Waals surface area (Å²) in [5.74, 6) is -5.15. The van der Waals surface area contributed by atoms with Crippen LogP contribution in [0.4, 0.5) is 26.3 Å². The van der Waals surface area contributed by atoms with Gasteiger partial charge in [-0.3, -0.25) is 4.68 Å². The van der Waals surface area contributed by atoms with E-state index >= 15 is 4.39 Å². The summed E-state index contributed by atoms with van der Waals surface area (Å²) in [4.78, 5) is -0.444. The van der Waals surface area contributed by atoms with Crippen LogP contribution >= 0.6 is 0 Å². The molecule has 0 unspecified atom stereocenters. The van der Waals surface area contributed by atoms with Gasteiger partial charge in [0.1, 0.15) is 23.9 Å². The molecule has 2 heterocycles. The maximum Gasteiger partial charge on any atom is 0.573 e. The zero-order valence-corrected chi connectivity index (χ0v) is 24.6. The van der Waals surface area contributed by atoms with Crippen LogP contribution in [0.25, 0.3) is 39.3 Å². The first-order valence-electron chi connectivity index (χ1n) is 13.1. The fraction of sp³-hybridized carbons (Fsp3) is 0.207. The summed E-state index contributed by atoms with van der Waals surface area (Å²) in [6, 6.07) is 12.4. The molecule has 0 saturated heterocycles. The van der Waals surface area contributed by atoms with Gasteiger partial charge in [0.15, 0.2) is 9.84 Å². The number of aliphatic hydroxyl groups is 2. The summed E-state index contributed by atoms with van der Waals surface area (Å²) in [5, 5.41) is 30.7. The Kier molecular flexibility index (Phi) is 8.43. The van der Waals surface area contributed by atoms with Gasteiger partial charge in [0, 0.05) is 30.0 Å². The molecule has 0 radical (unpaired) electrons. The second kappa shape index (κ2) is 11.9. The van der Waals surface area contributed by atoms with E-state index in [1.165, 1.54) is 54.3 Å². The van der Waals surface area contributed by atoms with Crippen molar-refractivity contribution in [3.8, 4) is 45.1 Å². The minimum Gasteiger partial charge on any atom is -0.406 e. The predicted molar refractivity (Wildman–Crippen MR) is 151 cm³/mol. The van der Waals surface area contributed by atoms with Crippen molar-refractivity contribution in [1.82, 2.24) is 24.8 Å². The fourth-order valence-corrected chi connectivity index (χ4v) is 5.73. The maximum atomic E-state index is 15.0. The van der Waals surface area contributed by atoms with Gasteiger partial charge in [-0.1, -0.05) is 17.3 Å². The standard InChI is InChI=1S/C29H23F6N5O5S/c1-39-23(12-27(37-39)28(31,32)15-42)20-8-5-17(18-9-22(30)21(14-41)26(11-18)46(2,43)44)10-24(20)40-25(13-36-38-40)16-3-6-19(7-4-16)45-29(33,34)35/h3-13,41-42H,14-15H2,1-2H3. The van der Waals surface area contributed by atoms with Gasteiger partial charge in [-0.05, 0) is 59.7 Å². The summed E-state index contributed by atoms with van der Waals surface area (Å²) in [6.07, 6.45) is -2.77. The molecule has 0 bridgehead atoms. The minimum atomic E-state index is -4.92. The molecule has 2 N–H and O–H groups in total. The third kappa shape index (κ3) is 6.47. The Morgan fingerprint density at radius 1 is 0.891 bits per heavy atom. The molecule has 0 saturated carbocycles.